The quantitative estimate of drug-likeness (QED) is 0.725. The molecule has 0 spiro atoms. The molecule has 8 nitrogen and oxygen atoms in total. The van der Waals surface area contributed by atoms with Crippen molar-refractivity contribution in [2.24, 2.45) is 0 Å². The van der Waals surface area contributed by atoms with Gasteiger partial charge in [0.05, 0.1) is 48.1 Å². The zero-order chi connectivity index (χ0) is 18.1. The largest absolute Gasteiger partial charge is 0.360 e. The first-order valence-corrected chi connectivity index (χ1v) is 8.32. The molecule has 0 radical (unpaired) electrons. The molecular weight excluding hydrogens is 337 g/mol. The van der Waals surface area contributed by atoms with Crippen molar-refractivity contribution in [3.05, 3.63) is 42.5 Å². The van der Waals surface area contributed by atoms with Crippen LogP contribution in [0.1, 0.15) is 6.42 Å². The van der Waals surface area contributed by atoms with Crippen LogP contribution in [-0.2, 0) is 4.79 Å². The van der Waals surface area contributed by atoms with Gasteiger partial charge in [0, 0.05) is 18.9 Å². The second-order valence-electron chi connectivity index (χ2n) is 6.27. The fourth-order valence-electron chi connectivity index (χ4n) is 3.08. The molecule has 3 N–H and O–H groups in total. The molecule has 2 aliphatic rings. The van der Waals surface area contributed by atoms with Gasteiger partial charge < -0.3 is 15.6 Å². The smallest absolute Gasteiger partial charge is 0.262 e. The fraction of sp³-hybridized carbons (Fsp3) is 0.294. The average Bonchev–Trinajstić information content (AvgIpc) is 3.36. The predicted octanol–water partition coefficient (Wildman–Crippen LogP) is 1.72. The van der Waals surface area contributed by atoms with Crippen LogP contribution in [0.15, 0.2) is 42.5 Å². The molecule has 2 aromatic rings. The van der Waals surface area contributed by atoms with Crippen LogP contribution in [0.25, 0.3) is 0 Å². The molecule has 0 saturated carbocycles. The van der Waals surface area contributed by atoms with E-state index in [2.05, 4.69) is 20.5 Å². The SMILES string of the molecule is N=C1CN(c2cn[nH]c2)C(=O)/C1=C/Nc1ccc(N2CC[C@H](F)C2)nc1. The first-order chi connectivity index (χ1) is 12.6. The number of nitrogens with one attached hydrogen (secondary N) is 3. The number of rotatable bonds is 4. The molecule has 0 unspecified atom stereocenters. The van der Waals surface area contributed by atoms with Gasteiger partial charge in [0.1, 0.15) is 12.0 Å². The number of aromatic amines is 1. The number of H-pyrrole nitrogens is 1. The van der Waals surface area contributed by atoms with Gasteiger partial charge in [0.15, 0.2) is 0 Å². The maximum atomic E-state index is 13.3. The second kappa shape index (κ2) is 6.58. The maximum absolute atomic E-state index is 13.3. The normalized spacial score (nSPS) is 21.9. The summed E-state index contributed by atoms with van der Waals surface area (Å²) in [5.74, 6) is 0.485. The summed E-state index contributed by atoms with van der Waals surface area (Å²) in [6.07, 6.45) is 6.06. The molecule has 9 heteroatoms. The predicted molar refractivity (Wildman–Crippen MR) is 96.3 cm³/mol. The highest BCUT2D eigenvalue weighted by atomic mass is 19.1. The van der Waals surface area contributed by atoms with E-state index in [0.717, 1.165) is 5.82 Å². The fourth-order valence-corrected chi connectivity index (χ4v) is 3.08. The minimum absolute atomic E-state index is 0.211. The second-order valence-corrected chi connectivity index (χ2v) is 6.27. The summed E-state index contributed by atoms with van der Waals surface area (Å²) in [6, 6.07) is 3.64. The van der Waals surface area contributed by atoms with Gasteiger partial charge in [-0.15, -0.1) is 0 Å². The van der Waals surface area contributed by atoms with Crippen molar-refractivity contribution in [3.63, 3.8) is 0 Å². The van der Waals surface area contributed by atoms with Crippen molar-refractivity contribution in [2.45, 2.75) is 12.6 Å². The van der Waals surface area contributed by atoms with Crippen molar-refractivity contribution in [3.8, 4) is 0 Å². The lowest BCUT2D eigenvalue weighted by molar-refractivity contribution is -0.114. The first kappa shape index (κ1) is 16.2. The molecule has 0 aromatic carbocycles. The lowest BCUT2D eigenvalue weighted by Gasteiger charge is -2.16. The zero-order valence-electron chi connectivity index (χ0n) is 13.9. The number of pyridine rings is 1. The van der Waals surface area contributed by atoms with Gasteiger partial charge in [0.25, 0.3) is 5.91 Å². The Balaban J connectivity index is 1.44. The van der Waals surface area contributed by atoms with E-state index in [4.69, 9.17) is 5.41 Å². The molecule has 1 amide bonds. The average molecular weight is 355 g/mol. The molecule has 1 atom stereocenters. The van der Waals surface area contributed by atoms with Crippen molar-refractivity contribution in [1.29, 1.82) is 5.41 Å². The molecule has 2 aliphatic heterocycles. The number of carbonyl (C=O) groups excluding carboxylic acids is 1. The van der Waals surface area contributed by atoms with Crippen LogP contribution in [0.4, 0.5) is 21.6 Å². The molecule has 0 bridgehead atoms. The monoisotopic (exact) mass is 355 g/mol. The Bertz CT molecular complexity index is 847. The summed E-state index contributed by atoms with van der Waals surface area (Å²) in [5, 5.41) is 17.5. The minimum Gasteiger partial charge on any atom is -0.360 e. The Morgan fingerprint density at radius 3 is 2.92 bits per heavy atom. The van der Waals surface area contributed by atoms with E-state index in [0.29, 0.717) is 36.5 Å². The van der Waals surface area contributed by atoms with Crippen LogP contribution in [-0.4, -0.2) is 52.6 Å². The van der Waals surface area contributed by atoms with Crippen LogP contribution in [0, 0.1) is 5.41 Å². The number of carbonyl (C=O) groups is 1. The molecular formula is C17H18FN7O. The Labute approximate surface area is 149 Å². The van der Waals surface area contributed by atoms with Crippen LogP contribution < -0.4 is 15.1 Å². The molecule has 2 fully saturated rings. The number of hydrogen-bond acceptors (Lipinski definition) is 6. The third-order valence-electron chi connectivity index (χ3n) is 4.50. The molecule has 4 heterocycles. The lowest BCUT2D eigenvalue weighted by Crippen LogP contribution is -2.24. The summed E-state index contributed by atoms with van der Waals surface area (Å²) in [4.78, 5) is 20.2. The number of hydrogen-bond donors (Lipinski definition) is 3. The number of nitrogens with zero attached hydrogens (tertiary/aromatic N) is 4. The first-order valence-electron chi connectivity index (χ1n) is 8.32. The van der Waals surface area contributed by atoms with Crippen LogP contribution in [0.3, 0.4) is 0 Å². The Hall–Kier alpha value is -3.23. The molecule has 26 heavy (non-hydrogen) atoms. The lowest BCUT2D eigenvalue weighted by atomic mass is 10.2. The van der Waals surface area contributed by atoms with E-state index in [1.807, 2.05) is 17.0 Å². The standard InChI is InChI=1S/C17H18FN7O/c18-11-3-4-24(9-11)16-2-1-12(5-21-16)20-8-14-15(19)10-25(17(14)26)13-6-22-23-7-13/h1-2,5-8,11,19-20H,3-4,9-10H2,(H,22,23)/b14-8+,19-15?/t11-/m0/s1. The summed E-state index contributed by atoms with van der Waals surface area (Å²) in [7, 11) is 0. The highest BCUT2D eigenvalue weighted by Crippen LogP contribution is 2.23. The maximum Gasteiger partial charge on any atom is 0.262 e. The molecule has 2 aromatic heterocycles. The number of anilines is 3. The van der Waals surface area contributed by atoms with Crippen molar-refractivity contribution >= 4 is 28.8 Å². The molecule has 2 saturated heterocycles. The molecule has 0 aliphatic carbocycles. The Morgan fingerprint density at radius 2 is 2.27 bits per heavy atom. The van der Waals surface area contributed by atoms with E-state index in [9.17, 15) is 9.18 Å². The van der Waals surface area contributed by atoms with Gasteiger partial charge in [-0.1, -0.05) is 0 Å². The van der Waals surface area contributed by atoms with Gasteiger partial charge in [-0.3, -0.25) is 14.8 Å². The number of aromatic nitrogens is 3. The van der Waals surface area contributed by atoms with Crippen LogP contribution in [0.2, 0.25) is 0 Å². The number of alkyl halides is 1. The van der Waals surface area contributed by atoms with Crippen LogP contribution >= 0.6 is 0 Å². The summed E-state index contributed by atoms with van der Waals surface area (Å²) in [5.41, 5.74) is 1.86. The van der Waals surface area contributed by atoms with E-state index >= 15 is 0 Å². The highest BCUT2D eigenvalue weighted by Gasteiger charge is 2.32. The number of amides is 1. The van der Waals surface area contributed by atoms with Crippen LogP contribution in [0.5, 0.6) is 0 Å². The zero-order valence-corrected chi connectivity index (χ0v) is 13.9. The van der Waals surface area contributed by atoms with Gasteiger partial charge in [0.2, 0.25) is 0 Å². The Morgan fingerprint density at radius 1 is 1.38 bits per heavy atom. The summed E-state index contributed by atoms with van der Waals surface area (Å²) < 4.78 is 13.3. The summed E-state index contributed by atoms with van der Waals surface area (Å²) in [6.45, 7) is 1.25. The van der Waals surface area contributed by atoms with Crippen molar-refractivity contribution < 1.29 is 9.18 Å². The number of halogens is 1. The minimum atomic E-state index is -0.795. The third kappa shape index (κ3) is 3.03. The van der Waals surface area contributed by atoms with Gasteiger partial charge >= 0.3 is 0 Å². The van der Waals surface area contributed by atoms with E-state index in [-0.39, 0.29) is 18.2 Å². The van der Waals surface area contributed by atoms with Gasteiger partial charge in [-0.2, -0.15) is 5.10 Å². The molecule has 4 rings (SSSR count). The van der Waals surface area contributed by atoms with E-state index in [1.165, 1.54) is 11.1 Å². The van der Waals surface area contributed by atoms with Gasteiger partial charge in [-0.05, 0) is 18.6 Å². The van der Waals surface area contributed by atoms with E-state index < -0.39 is 6.17 Å². The third-order valence-corrected chi connectivity index (χ3v) is 4.50. The van der Waals surface area contributed by atoms with E-state index in [1.54, 1.807) is 18.6 Å². The molecule has 134 valence electrons. The topological polar surface area (TPSA) is 101 Å². The highest BCUT2D eigenvalue weighted by molar-refractivity contribution is 6.32. The Kier molecular flexibility index (Phi) is 4.11. The van der Waals surface area contributed by atoms with Crippen molar-refractivity contribution in [1.82, 2.24) is 15.2 Å². The van der Waals surface area contributed by atoms with Crippen molar-refractivity contribution in [2.75, 3.05) is 34.8 Å². The van der Waals surface area contributed by atoms with Gasteiger partial charge in [-0.25, -0.2) is 9.37 Å². The summed E-state index contributed by atoms with van der Waals surface area (Å²) >= 11 is 0.